The molecular weight excluding hydrogens is 398 g/mol. The number of carbonyl (C=O) groups is 1. The number of ether oxygens (including phenoxy) is 3. The van der Waals surface area contributed by atoms with Crippen molar-refractivity contribution in [2.24, 2.45) is 0 Å². The van der Waals surface area contributed by atoms with E-state index in [1.165, 1.54) is 0 Å². The number of benzene rings is 2. The minimum Gasteiger partial charge on any atom is -0.490 e. The maximum Gasteiger partial charge on any atom is 0.255 e. The van der Waals surface area contributed by atoms with Crippen LogP contribution in [-0.2, 0) is 4.74 Å². The van der Waals surface area contributed by atoms with Crippen LogP contribution in [0.4, 0.5) is 5.69 Å². The third kappa shape index (κ3) is 6.04. The number of hydrogen-bond acceptors (Lipinski definition) is 4. The van der Waals surface area contributed by atoms with Gasteiger partial charge in [-0.3, -0.25) is 4.79 Å². The van der Waals surface area contributed by atoms with Crippen molar-refractivity contribution in [1.29, 1.82) is 0 Å². The van der Waals surface area contributed by atoms with Crippen molar-refractivity contribution in [3.8, 4) is 11.5 Å². The Bertz CT molecular complexity index is 734. The van der Waals surface area contributed by atoms with Crippen LogP contribution in [0.3, 0.4) is 0 Å². The fourth-order valence-electron chi connectivity index (χ4n) is 2.24. The lowest BCUT2D eigenvalue weighted by Gasteiger charge is -2.14. The highest BCUT2D eigenvalue weighted by Gasteiger charge is 2.12. The lowest BCUT2D eigenvalue weighted by molar-refractivity contribution is 0.102. The van der Waals surface area contributed by atoms with Gasteiger partial charge in [0.25, 0.3) is 5.91 Å². The Kier molecular flexibility index (Phi) is 7.94. The van der Waals surface area contributed by atoms with Crippen molar-refractivity contribution < 1.29 is 19.0 Å². The van der Waals surface area contributed by atoms with E-state index in [0.29, 0.717) is 42.6 Å². The van der Waals surface area contributed by atoms with E-state index < -0.39 is 0 Å². The van der Waals surface area contributed by atoms with Gasteiger partial charge in [-0.15, -0.1) is 0 Å². The zero-order valence-electron chi connectivity index (χ0n) is 15.3. The van der Waals surface area contributed by atoms with Gasteiger partial charge >= 0.3 is 0 Å². The molecule has 6 heteroatoms. The molecule has 1 N–H and O–H groups in total. The Labute approximate surface area is 162 Å². The molecule has 0 bridgehead atoms. The summed E-state index contributed by atoms with van der Waals surface area (Å²) >= 11 is 3.45. The van der Waals surface area contributed by atoms with E-state index in [1.807, 2.05) is 39.0 Å². The average Bonchev–Trinajstić information content (AvgIpc) is 2.61. The Balaban J connectivity index is 2.06. The second kappa shape index (κ2) is 10.2. The lowest BCUT2D eigenvalue weighted by atomic mass is 10.2. The number of amides is 1. The van der Waals surface area contributed by atoms with Gasteiger partial charge in [-0.25, -0.2) is 0 Å². The van der Waals surface area contributed by atoms with Crippen LogP contribution < -0.4 is 14.8 Å². The number of nitrogens with one attached hydrogen (secondary N) is 1. The third-order valence-corrected chi connectivity index (χ3v) is 4.00. The fraction of sp³-hybridized carbons (Fsp3) is 0.350. The fourth-order valence-corrected chi connectivity index (χ4v) is 2.71. The van der Waals surface area contributed by atoms with E-state index in [2.05, 4.69) is 21.2 Å². The molecule has 0 aromatic heterocycles. The van der Waals surface area contributed by atoms with Crippen LogP contribution in [-0.4, -0.2) is 31.8 Å². The molecule has 2 aromatic rings. The molecule has 140 valence electrons. The van der Waals surface area contributed by atoms with E-state index in [4.69, 9.17) is 14.2 Å². The molecule has 0 heterocycles. The molecule has 26 heavy (non-hydrogen) atoms. The normalized spacial score (nSPS) is 10.7. The number of hydrogen-bond donors (Lipinski definition) is 1. The van der Waals surface area contributed by atoms with Gasteiger partial charge in [-0.2, -0.15) is 0 Å². The second-order valence-corrected chi connectivity index (χ2v) is 6.66. The summed E-state index contributed by atoms with van der Waals surface area (Å²) in [6, 6.07) is 12.6. The molecule has 0 atom stereocenters. The molecule has 0 aliphatic rings. The van der Waals surface area contributed by atoms with Crippen molar-refractivity contribution in [3.63, 3.8) is 0 Å². The zero-order valence-corrected chi connectivity index (χ0v) is 16.8. The standard InChI is InChI=1S/C20H24BrNO4/c1-4-24-11-12-25-19-8-6-5-7-17(19)22-20(23)15-9-10-18(16(21)13-15)26-14(2)3/h5-10,13-14H,4,11-12H2,1-3H3,(H,22,23). The van der Waals surface area contributed by atoms with Crippen molar-refractivity contribution in [3.05, 3.63) is 52.5 Å². The topological polar surface area (TPSA) is 56.8 Å². The summed E-state index contributed by atoms with van der Waals surface area (Å²) in [7, 11) is 0. The molecule has 2 rings (SSSR count). The smallest absolute Gasteiger partial charge is 0.255 e. The number of para-hydroxylation sites is 2. The minimum absolute atomic E-state index is 0.0618. The first-order valence-electron chi connectivity index (χ1n) is 8.58. The molecular formula is C20H24BrNO4. The van der Waals surface area contributed by atoms with Gasteiger partial charge in [0.05, 0.1) is 22.9 Å². The van der Waals surface area contributed by atoms with Crippen molar-refractivity contribution in [2.75, 3.05) is 25.1 Å². The number of carbonyl (C=O) groups excluding carboxylic acids is 1. The van der Waals surface area contributed by atoms with Crippen LogP contribution in [0.2, 0.25) is 0 Å². The number of anilines is 1. The summed E-state index contributed by atoms with van der Waals surface area (Å²) in [5.74, 6) is 1.10. The summed E-state index contributed by atoms with van der Waals surface area (Å²) in [6.45, 7) is 7.42. The van der Waals surface area contributed by atoms with Crippen LogP contribution in [0.1, 0.15) is 31.1 Å². The van der Waals surface area contributed by atoms with Crippen LogP contribution in [0.5, 0.6) is 11.5 Å². The highest BCUT2D eigenvalue weighted by molar-refractivity contribution is 9.10. The molecule has 2 aromatic carbocycles. The molecule has 1 amide bonds. The largest absolute Gasteiger partial charge is 0.490 e. The number of rotatable bonds is 9. The van der Waals surface area contributed by atoms with Crippen LogP contribution in [0.15, 0.2) is 46.9 Å². The highest BCUT2D eigenvalue weighted by atomic mass is 79.9. The van der Waals surface area contributed by atoms with E-state index >= 15 is 0 Å². The van der Waals surface area contributed by atoms with Crippen molar-refractivity contribution >= 4 is 27.5 Å². The van der Waals surface area contributed by atoms with Gasteiger partial charge in [0.1, 0.15) is 18.1 Å². The van der Waals surface area contributed by atoms with Gasteiger partial charge < -0.3 is 19.5 Å². The molecule has 0 aliphatic carbocycles. The van der Waals surface area contributed by atoms with E-state index in [9.17, 15) is 4.79 Å². The van der Waals surface area contributed by atoms with Crippen molar-refractivity contribution in [1.82, 2.24) is 0 Å². The van der Waals surface area contributed by atoms with Crippen LogP contribution in [0, 0.1) is 0 Å². The predicted molar refractivity (Wildman–Crippen MR) is 106 cm³/mol. The maximum atomic E-state index is 12.6. The summed E-state index contributed by atoms with van der Waals surface area (Å²) in [6.07, 6.45) is 0.0618. The first-order valence-corrected chi connectivity index (χ1v) is 9.37. The molecule has 0 spiro atoms. The number of halogens is 1. The van der Waals surface area contributed by atoms with E-state index in [0.717, 1.165) is 4.47 Å². The van der Waals surface area contributed by atoms with Crippen molar-refractivity contribution in [2.45, 2.75) is 26.9 Å². The average molecular weight is 422 g/mol. The van der Waals surface area contributed by atoms with Gasteiger partial charge in [0, 0.05) is 12.2 Å². The minimum atomic E-state index is -0.220. The quantitative estimate of drug-likeness (QED) is 0.584. The zero-order chi connectivity index (χ0) is 18.9. The highest BCUT2D eigenvalue weighted by Crippen LogP contribution is 2.28. The maximum absolute atomic E-state index is 12.6. The summed E-state index contributed by atoms with van der Waals surface area (Å²) in [5, 5.41) is 2.89. The molecule has 0 unspecified atom stereocenters. The van der Waals surface area contributed by atoms with Crippen LogP contribution in [0.25, 0.3) is 0 Å². The summed E-state index contributed by atoms with van der Waals surface area (Å²) in [5.41, 5.74) is 1.14. The summed E-state index contributed by atoms with van der Waals surface area (Å²) in [4.78, 5) is 12.6. The monoisotopic (exact) mass is 421 g/mol. The van der Waals surface area contributed by atoms with Gasteiger partial charge in [-0.1, -0.05) is 12.1 Å². The Morgan fingerprint density at radius 1 is 1.12 bits per heavy atom. The third-order valence-electron chi connectivity index (χ3n) is 3.38. The van der Waals surface area contributed by atoms with E-state index in [1.54, 1.807) is 24.3 Å². The van der Waals surface area contributed by atoms with Crippen LogP contribution >= 0.6 is 15.9 Å². The Morgan fingerprint density at radius 2 is 1.88 bits per heavy atom. The molecule has 5 nitrogen and oxygen atoms in total. The summed E-state index contributed by atoms with van der Waals surface area (Å²) < 4.78 is 17.4. The molecule has 0 aliphatic heterocycles. The second-order valence-electron chi connectivity index (χ2n) is 5.81. The van der Waals surface area contributed by atoms with E-state index in [-0.39, 0.29) is 12.0 Å². The van der Waals surface area contributed by atoms with Gasteiger partial charge in [-0.05, 0) is 67.0 Å². The lowest BCUT2D eigenvalue weighted by Crippen LogP contribution is -2.14. The first kappa shape index (κ1) is 20.3. The predicted octanol–water partition coefficient (Wildman–Crippen LogP) is 4.90. The molecule has 0 radical (unpaired) electrons. The Morgan fingerprint density at radius 3 is 2.58 bits per heavy atom. The SMILES string of the molecule is CCOCCOc1ccccc1NC(=O)c1ccc(OC(C)C)c(Br)c1. The molecule has 0 saturated carbocycles. The molecule has 0 saturated heterocycles. The van der Waals surface area contributed by atoms with Gasteiger partial charge in [0.15, 0.2) is 0 Å². The Hall–Kier alpha value is -2.05. The van der Waals surface area contributed by atoms with Gasteiger partial charge in [0.2, 0.25) is 0 Å². The molecule has 0 fully saturated rings. The first-order chi connectivity index (χ1) is 12.5.